The summed E-state index contributed by atoms with van der Waals surface area (Å²) in [6, 6.07) is 32.0. The zero-order valence-electron chi connectivity index (χ0n) is 28.0. The first-order chi connectivity index (χ1) is 24.5. The highest BCUT2D eigenvalue weighted by atomic mass is 31.2. The van der Waals surface area contributed by atoms with Crippen molar-refractivity contribution in [2.75, 3.05) is 20.4 Å². The summed E-state index contributed by atoms with van der Waals surface area (Å²) < 4.78 is 45.8. The van der Waals surface area contributed by atoms with Crippen molar-refractivity contribution in [1.29, 1.82) is 0 Å². The number of nitrogens with zero attached hydrogens (tertiary/aromatic N) is 2. The summed E-state index contributed by atoms with van der Waals surface area (Å²) in [6.45, 7) is 2.75. The third-order valence-electron chi connectivity index (χ3n) is 8.60. The van der Waals surface area contributed by atoms with Gasteiger partial charge in [-0.15, -0.1) is 0 Å². The largest absolute Gasteiger partial charge is 0.497 e. The molecular weight excluding hydrogens is 677 g/mol. The summed E-state index contributed by atoms with van der Waals surface area (Å²) in [5.74, 6) is 0.770. The molecule has 0 bridgehead atoms. The molecule has 6 rings (SSSR count). The number of hydrogen-bond donors (Lipinski definition) is 1. The summed E-state index contributed by atoms with van der Waals surface area (Å²) in [5.41, 5.74) is 0.208. The van der Waals surface area contributed by atoms with Crippen molar-refractivity contribution < 1.29 is 32.7 Å². The van der Waals surface area contributed by atoms with E-state index in [-0.39, 0.29) is 24.5 Å². The first-order valence-corrected chi connectivity index (χ1v) is 18.0. The van der Waals surface area contributed by atoms with Crippen molar-refractivity contribution in [2.24, 2.45) is 0 Å². The van der Waals surface area contributed by atoms with Gasteiger partial charge in [-0.05, 0) is 47.9 Å². The molecule has 4 atom stereocenters. The number of aryl methyl sites for hydroxylation is 1. The second kappa shape index (κ2) is 14.9. The van der Waals surface area contributed by atoms with E-state index >= 15 is 0 Å². The van der Waals surface area contributed by atoms with Gasteiger partial charge >= 0.3 is 13.3 Å². The minimum absolute atomic E-state index is 0.0487. The number of non-ortho nitro benzene ring substituents is 1. The quantitative estimate of drug-likeness (QED) is 0.0631. The van der Waals surface area contributed by atoms with Crippen LogP contribution in [-0.4, -0.2) is 47.1 Å². The molecule has 1 saturated heterocycles. The Kier molecular flexibility index (Phi) is 10.4. The Morgan fingerprint density at radius 2 is 1.47 bits per heavy atom. The van der Waals surface area contributed by atoms with E-state index in [9.17, 15) is 24.3 Å². The molecule has 2 heterocycles. The Bertz CT molecular complexity index is 2100. The number of nitro benzene ring substituents is 1. The molecule has 14 heteroatoms. The monoisotopic (exact) mass is 713 g/mol. The lowest BCUT2D eigenvalue weighted by molar-refractivity contribution is -0.384. The van der Waals surface area contributed by atoms with Crippen molar-refractivity contribution in [3.05, 3.63) is 169 Å². The molecule has 0 spiro atoms. The van der Waals surface area contributed by atoms with Crippen molar-refractivity contribution in [1.82, 2.24) is 9.55 Å². The van der Waals surface area contributed by atoms with E-state index in [2.05, 4.69) is 4.98 Å². The van der Waals surface area contributed by atoms with E-state index in [4.69, 9.17) is 23.3 Å². The van der Waals surface area contributed by atoms with Crippen LogP contribution in [0.2, 0.25) is 0 Å². The molecule has 4 aromatic carbocycles. The van der Waals surface area contributed by atoms with E-state index in [1.165, 1.54) is 41.7 Å². The van der Waals surface area contributed by atoms with Crippen LogP contribution in [-0.2, 0) is 24.2 Å². The number of H-pyrrole nitrogens is 1. The first kappa shape index (κ1) is 35.5. The molecule has 1 unspecified atom stereocenters. The lowest BCUT2D eigenvalue weighted by Crippen LogP contribution is -2.38. The van der Waals surface area contributed by atoms with Gasteiger partial charge in [0.2, 0.25) is 0 Å². The van der Waals surface area contributed by atoms with Crippen molar-refractivity contribution in [3.8, 4) is 11.5 Å². The van der Waals surface area contributed by atoms with Gasteiger partial charge in [0.15, 0.2) is 0 Å². The molecule has 51 heavy (non-hydrogen) atoms. The van der Waals surface area contributed by atoms with Gasteiger partial charge in [0.05, 0.1) is 18.6 Å². The van der Waals surface area contributed by atoms with Gasteiger partial charge in [-0.2, -0.15) is 0 Å². The lowest BCUT2D eigenvalue weighted by Gasteiger charge is -2.37. The summed E-state index contributed by atoms with van der Waals surface area (Å²) in [7, 11) is -2.31. The predicted molar refractivity (Wildman–Crippen MR) is 188 cm³/mol. The number of nitrogens with one attached hydrogen (secondary N) is 1. The van der Waals surface area contributed by atoms with Gasteiger partial charge in [0, 0.05) is 37.0 Å². The number of methoxy groups -OCH3 is 1. The van der Waals surface area contributed by atoms with Crippen LogP contribution in [0.25, 0.3) is 0 Å². The summed E-state index contributed by atoms with van der Waals surface area (Å²) in [5, 5.41) is 11.1. The molecule has 13 nitrogen and oxygen atoms in total. The third kappa shape index (κ3) is 7.72. The van der Waals surface area contributed by atoms with E-state index in [1.54, 1.807) is 14.0 Å². The maximum Gasteiger partial charge on any atom is 0.376 e. The van der Waals surface area contributed by atoms with Crippen LogP contribution in [0.5, 0.6) is 11.5 Å². The van der Waals surface area contributed by atoms with Crippen molar-refractivity contribution >= 4 is 13.3 Å². The fourth-order valence-electron chi connectivity index (χ4n) is 6.15. The van der Waals surface area contributed by atoms with Crippen molar-refractivity contribution in [2.45, 2.75) is 37.4 Å². The van der Waals surface area contributed by atoms with Crippen LogP contribution < -0.4 is 20.5 Å². The van der Waals surface area contributed by atoms with Gasteiger partial charge in [0.25, 0.3) is 11.2 Å². The van der Waals surface area contributed by atoms with Crippen molar-refractivity contribution in [3.63, 3.8) is 0 Å². The number of aromatic amines is 1. The first-order valence-electron chi connectivity index (χ1n) is 16.1. The lowest BCUT2D eigenvalue weighted by atomic mass is 9.80. The summed E-state index contributed by atoms with van der Waals surface area (Å²) in [6.07, 6.45) is -1.29. The fraction of sp³-hybridized carbons (Fsp3) is 0.243. The fourth-order valence-corrected chi connectivity index (χ4v) is 7.41. The topological polar surface area (TPSA) is 161 Å². The second-order valence-corrected chi connectivity index (χ2v) is 14.0. The Morgan fingerprint density at radius 3 is 2.04 bits per heavy atom. The molecule has 1 N–H and O–H groups in total. The molecule has 264 valence electrons. The average Bonchev–Trinajstić information content (AvgIpc) is 3.52. The highest BCUT2D eigenvalue weighted by Crippen LogP contribution is 2.50. The minimum atomic E-state index is -3.90. The molecule has 5 aromatic rings. The molecule has 0 radical (unpaired) electrons. The average molecular weight is 714 g/mol. The molecule has 0 aliphatic carbocycles. The van der Waals surface area contributed by atoms with Crippen LogP contribution in [0.4, 0.5) is 5.69 Å². The number of benzene rings is 4. The number of hydrogen-bond acceptors (Lipinski definition) is 10. The number of aromatic nitrogens is 2. The molecule has 1 aliphatic rings. The smallest absolute Gasteiger partial charge is 0.376 e. The molecular formula is C37H36N3O10P. The summed E-state index contributed by atoms with van der Waals surface area (Å²) in [4.78, 5) is 38.0. The van der Waals surface area contributed by atoms with E-state index in [0.29, 0.717) is 11.3 Å². The number of nitro groups is 1. The number of rotatable bonds is 13. The van der Waals surface area contributed by atoms with Crippen LogP contribution in [0.1, 0.15) is 34.9 Å². The molecule has 1 fully saturated rings. The van der Waals surface area contributed by atoms with Gasteiger partial charge in [-0.25, -0.2) is 9.36 Å². The zero-order chi connectivity index (χ0) is 36.2. The highest BCUT2D eigenvalue weighted by Gasteiger charge is 2.45. The Labute approximate surface area is 293 Å². The third-order valence-corrected chi connectivity index (χ3v) is 9.80. The maximum absolute atomic E-state index is 13.8. The zero-order valence-corrected chi connectivity index (χ0v) is 28.9. The SMILES string of the molecule is COc1ccc(C(OC[C@H]2O[C@@H](n3cc(C)c(=O)[nH]c3=O)C[C@@H]2OP(C)(=O)Oc2ccc([N+](=O)[O-])cc2)(c2ccccc2)c2ccccc2)cc1. The molecule has 0 amide bonds. The standard InChI is InChI=1S/C37H36N3O10P/c1-25-23-39(36(42)38-35(25)41)34-22-32(50-51(3,45)49-31-20-16-29(17-21-31)40(43)44)33(48-34)24-47-37(26-10-6-4-7-11-26,27-12-8-5-9-13-27)28-14-18-30(46-2)19-15-28/h4-21,23,32-34H,22,24H2,1-3H3,(H,38,41,42)/t32-,33+,34+,51?/m0/s1. The Hall–Kier alpha value is -5.33. The normalized spacial score (nSPS) is 18.5. The van der Waals surface area contributed by atoms with Gasteiger partial charge in [-0.1, -0.05) is 72.8 Å². The molecule has 1 aromatic heterocycles. The van der Waals surface area contributed by atoms with Gasteiger partial charge < -0.3 is 18.7 Å². The molecule has 1 aliphatic heterocycles. The Morgan fingerprint density at radius 1 is 0.902 bits per heavy atom. The number of ether oxygens (including phenoxy) is 3. The molecule has 0 saturated carbocycles. The predicted octanol–water partition coefficient (Wildman–Crippen LogP) is 6.35. The van der Waals surface area contributed by atoms with E-state index in [1.807, 2.05) is 84.9 Å². The highest BCUT2D eigenvalue weighted by molar-refractivity contribution is 7.53. The van der Waals surface area contributed by atoms with Gasteiger partial charge in [0.1, 0.15) is 35.5 Å². The van der Waals surface area contributed by atoms with Gasteiger partial charge in [-0.3, -0.25) is 29.0 Å². The second-order valence-electron chi connectivity index (χ2n) is 12.1. The van der Waals surface area contributed by atoms with Crippen LogP contribution in [0.15, 0.2) is 125 Å². The van der Waals surface area contributed by atoms with Crippen LogP contribution in [0, 0.1) is 17.0 Å². The van der Waals surface area contributed by atoms with E-state index < -0.39 is 47.8 Å². The van der Waals surface area contributed by atoms with Crippen LogP contribution >= 0.6 is 7.60 Å². The maximum atomic E-state index is 13.8. The van der Waals surface area contributed by atoms with E-state index in [0.717, 1.165) is 16.7 Å². The minimum Gasteiger partial charge on any atom is -0.497 e. The van der Waals surface area contributed by atoms with Crippen LogP contribution in [0.3, 0.4) is 0 Å². The Balaban J connectivity index is 1.37. The summed E-state index contributed by atoms with van der Waals surface area (Å²) >= 11 is 0.